The van der Waals surface area contributed by atoms with Crippen molar-refractivity contribution < 1.29 is 14.8 Å². The summed E-state index contributed by atoms with van der Waals surface area (Å²) >= 11 is 11.6. The fourth-order valence-corrected chi connectivity index (χ4v) is 2.40. The van der Waals surface area contributed by atoms with Gasteiger partial charge in [-0.2, -0.15) is 5.26 Å². The quantitative estimate of drug-likeness (QED) is 0.359. The minimum atomic E-state index is -0.807. The molecule has 2 N–H and O–H groups in total. The molecule has 9 heteroatoms. The Balaban J connectivity index is 2.32. The summed E-state index contributed by atoms with van der Waals surface area (Å²) in [6.07, 6.45) is 1.11. The molecule has 126 valence electrons. The first-order valence-corrected chi connectivity index (χ1v) is 7.43. The maximum Gasteiger partial charge on any atom is 0.271 e. The standard InChI is InChI=1S/C16H9Cl2N3O4/c17-11-5-9(15(22)14(18)6-11)4-10(8-19)16(23)20-12-2-1-3-13(7-12)21(24)25/h1-7,22H,(H,20,23)/b10-4+. The molecule has 2 aromatic carbocycles. The molecule has 7 nitrogen and oxygen atoms in total. The second-order valence-electron chi connectivity index (χ2n) is 4.76. The zero-order valence-corrected chi connectivity index (χ0v) is 13.9. The second-order valence-corrected chi connectivity index (χ2v) is 5.60. The SMILES string of the molecule is N#C/C(=C\c1cc(Cl)cc(Cl)c1O)C(=O)Nc1cccc([N+](=O)[O-])c1. The number of hydrogen-bond donors (Lipinski definition) is 2. The van der Waals surface area contributed by atoms with Crippen molar-refractivity contribution in [1.82, 2.24) is 0 Å². The van der Waals surface area contributed by atoms with Gasteiger partial charge >= 0.3 is 0 Å². The van der Waals surface area contributed by atoms with Crippen LogP contribution in [0, 0.1) is 21.4 Å². The van der Waals surface area contributed by atoms with Crippen LogP contribution in [0.25, 0.3) is 6.08 Å². The van der Waals surface area contributed by atoms with Gasteiger partial charge in [0, 0.05) is 28.4 Å². The van der Waals surface area contributed by atoms with Crippen molar-refractivity contribution in [1.29, 1.82) is 5.26 Å². The van der Waals surface area contributed by atoms with E-state index >= 15 is 0 Å². The van der Waals surface area contributed by atoms with Gasteiger partial charge in [0.15, 0.2) is 0 Å². The molecule has 0 aliphatic carbocycles. The number of halogens is 2. The molecule has 2 aromatic rings. The molecule has 0 atom stereocenters. The summed E-state index contributed by atoms with van der Waals surface area (Å²) in [5, 5.41) is 32.4. The highest BCUT2D eigenvalue weighted by molar-refractivity contribution is 6.36. The number of carbonyl (C=O) groups excluding carboxylic acids is 1. The summed E-state index contributed by atoms with van der Waals surface area (Å²) < 4.78 is 0. The number of nitriles is 1. The molecule has 1 amide bonds. The van der Waals surface area contributed by atoms with Gasteiger partial charge in [-0.15, -0.1) is 0 Å². The van der Waals surface area contributed by atoms with Crippen LogP contribution in [0.4, 0.5) is 11.4 Å². The number of phenols is 1. The lowest BCUT2D eigenvalue weighted by molar-refractivity contribution is -0.384. The number of nitrogens with zero attached hydrogens (tertiary/aromatic N) is 2. The van der Waals surface area contributed by atoms with Gasteiger partial charge < -0.3 is 10.4 Å². The molecule has 0 aliphatic rings. The number of hydrogen-bond acceptors (Lipinski definition) is 5. The molecule has 0 heterocycles. The highest BCUT2D eigenvalue weighted by atomic mass is 35.5. The van der Waals surface area contributed by atoms with Crippen LogP contribution in [0.1, 0.15) is 5.56 Å². The van der Waals surface area contributed by atoms with Crippen molar-refractivity contribution in [2.45, 2.75) is 0 Å². The number of nitrogens with one attached hydrogen (secondary N) is 1. The average Bonchev–Trinajstić information content (AvgIpc) is 2.56. The van der Waals surface area contributed by atoms with Crippen molar-refractivity contribution in [3.05, 3.63) is 67.7 Å². The molecule has 0 unspecified atom stereocenters. The monoisotopic (exact) mass is 377 g/mol. The van der Waals surface area contributed by atoms with Gasteiger partial charge in [0.25, 0.3) is 11.6 Å². The number of benzene rings is 2. The Morgan fingerprint density at radius 1 is 1.32 bits per heavy atom. The van der Waals surface area contributed by atoms with E-state index in [0.717, 1.165) is 12.1 Å². The predicted molar refractivity (Wildman–Crippen MR) is 93.4 cm³/mol. The Morgan fingerprint density at radius 2 is 2.04 bits per heavy atom. The number of nitro benzene ring substituents is 1. The number of phenolic OH excluding ortho intramolecular Hbond substituents is 1. The van der Waals surface area contributed by atoms with Crippen LogP contribution < -0.4 is 5.32 Å². The molecule has 0 saturated carbocycles. The van der Waals surface area contributed by atoms with Crippen molar-refractivity contribution in [2.75, 3.05) is 5.32 Å². The van der Waals surface area contributed by atoms with E-state index in [-0.39, 0.29) is 38.3 Å². The van der Waals surface area contributed by atoms with E-state index in [1.165, 1.54) is 30.3 Å². The van der Waals surface area contributed by atoms with E-state index < -0.39 is 10.8 Å². The largest absolute Gasteiger partial charge is 0.506 e. The van der Waals surface area contributed by atoms with E-state index in [0.29, 0.717) is 0 Å². The number of aromatic hydroxyl groups is 1. The Bertz CT molecular complexity index is 935. The third-order valence-corrected chi connectivity index (χ3v) is 3.54. The molecule has 0 aromatic heterocycles. The lowest BCUT2D eigenvalue weighted by atomic mass is 10.1. The van der Waals surface area contributed by atoms with Gasteiger partial charge in [0.05, 0.1) is 9.95 Å². The first-order chi connectivity index (χ1) is 11.8. The Labute approximate surface area is 151 Å². The van der Waals surface area contributed by atoms with Gasteiger partial charge in [0.2, 0.25) is 0 Å². The molecule has 25 heavy (non-hydrogen) atoms. The van der Waals surface area contributed by atoms with Crippen LogP contribution in [0.15, 0.2) is 42.0 Å². The maximum atomic E-state index is 12.2. The summed E-state index contributed by atoms with van der Waals surface area (Å²) in [5.41, 5.74) is -0.323. The minimum absolute atomic E-state index is 0.0323. The molecular formula is C16H9Cl2N3O4. The van der Waals surface area contributed by atoms with Crippen LogP contribution in [-0.4, -0.2) is 15.9 Å². The van der Waals surface area contributed by atoms with Crippen molar-refractivity contribution in [3.63, 3.8) is 0 Å². The average molecular weight is 378 g/mol. The summed E-state index contributed by atoms with van der Waals surface area (Å²) in [6.45, 7) is 0. The third-order valence-electron chi connectivity index (χ3n) is 3.04. The zero-order valence-electron chi connectivity index (χ0n) is 12.4. The van der Waals surface area contributed by atoms with Crippen LogP contribution >= 0.6 is 23.2 Å². The second kappa shape index (κ2) is 7.66. The summed E-state index contributed by atoms with van der Waals surface area (Å²) in [4.78, 5) is 22.3. The van der Waals surface area contributed by atoms with Crippen LogP contribution in [0.2, 0.25) is 10.0 Å². The van der Waals surface area contributed by atoms with Crippen molar-refractivity contribution >= 4 is 46.6 Å². The Hall–Kier alpha value is -3.08. The first kappa shape index (κ1) is 18.3. The smallest absolute Gasteiger partial charge is 0.271 e. The van der Waals surface area contributed by atoms with Crippen LogP contribution in [0.3, 0.4) is 0 Å². The molecular weight excluding hydrogens is 369 g/mol. The molecule has 0 saturated heterocycles. The Morgan fingerprint density at radius 3 is 2.68 bits per heavy atom. The highest BCUT2D eigenvalue weighted by Crippen LogP contribution is 2.32. The fourth-order valence-electron chi connectivity index (χ4n) is 1.90. The molecule has 0 bridgehead atoms. The van der Waals surface area contributed by atoms with Crippen LogP contribution in [-0.2, 0) is 4.79 Å². The lowest BCUT2D eigenvalue weighted by Gasteiger charge is -2.06. The van der Waals surface area contributed by atoms with Gasteiger partial charge in [-0.05, 0) is 24.3 Å². The highest BCUT2D eigenvalue weighted by Gasteiger charge is 2.14. The predicted octanol–water partition coefficient (Wildman–Crippen LogP) is 4.15. The zero-order chi connectivity index (χ0) is 18.6. The van der Waals surface area contributed by atoms with E-state index in [9.17, 15) is 25.3 Å². The fraction of sp³-hybridized carbons (Fsp3) is 0. The number of rotatable bonds is 4. The van der Waals surface area contributed by atoms with Gasteiger partial charge in [-0.1, -0.05) is 29.3 Å². The lowest BCUT2D eigenvalue weighted by Crippen LogP contribution is -2.13. The molecule has 2 rings (SSSR count). The van der Waals surface area contributed by atoms with Crippen LogP contribution in [0.5, 0.6) is 5.75 Å². The molecule has 0 aliphatic heterocycles. The van der Waals surface area contributed by atoms with E-state index in [1.807, 2.05) is 0 Å². The van der Waals surface area contributed by atoms with E-state index in [2.05, 4.69) is 5.32 Å². The normalized spacial score (nSPS) is 10.8. The summed E-state index contributed by atoms with van der Waals surface area (Å²) in [6, 6.07) is 9.59. The number of amides is 1. The minimum Gasteiger partial charge on any atom is -0.506 e. The third kappa shape index (κ3) is 4.47. The van der Waals surface area contributed by atoms with Gasteiger partial charge in [0.1, 0.15) is 17.4 Å². The van der Waals surface area contributed by atoms with E-state index in [4.69, 9.17) is 23.2 Å². The summed E-state index contributed by atoms with van der Waals surface area (Å²) in [5.74, 6) is -1.14. The number of anilines is 1. The molecule has 0 spiro atoms. The van der Waals surface area contributed by atoms with Crippen molar-refractivity contribution in [3.8, 4) is 11.8 Å². The maximum absolute atomic E-state index is 12.2. The number of nitro groups is 1. The Kier molecular flexibility index (Phi) is 5.60. The van der Waals surface area contributed by atoms with Gasteiger partial charge in [-0.25, -0.2) is 0 Å². The first-order valence-electron chi connectivity index (χ1n) is 6.67. The molecule has 0 radical (unpaired) electrons. The number of carbonyl (C=O) groups is 1. The summed E-state index contributed by atoms with van der Waals surface area (Å²) in [7, 11) is 0. The van der Waals surface area contributed by atoms with Gasteiger partial charge in [-0.3, -0.25) is 14.9 Å². The topological polar surface area (TPSA) is 116 Å². The molecule has 0 fully saturated rings. The van der Waals surface area contributed by atoms with E-state index in [1.54, 1.807) is 6.07 Å². The van der Waals surface area contributed by atoms with Crippen molar-refractivity contribution in [2.24, 2.45) is 0 Å². The number of non-ortho nitro benzene ring substituents is 1.